The van der Waals surface area contributed by atoms with E-state index in [1.165, 1.54) is 12.3 Å². The highest BCUT2D eigenvalue weighted by molar-refractivity contribution is 7.91. The second kappa shape index (κ2) is 7.95. The summed E-state index contributed by atoms with van der Waals surface area (Å²) in [6.45, 7) is 2.72. The summed E-state index contributed by atoms with van der Waals surface area (Å²) in [5.74, 6) is 0.507. The smallest absolute Gasteiger partial charge is 0.362 e. The SMILES string of the molecule is CC1CC(CCn2ncc3c(F)cc(S(=O)(=O)c4ccc(Cl)c5c(=O)n(O)c(=O)[nH]c45)cc32)C1. The summed E-state index contributed by atoms with van der Waals surface area (Å²) in [5, 5.41) is 13.5. The fourth-order valence-electron chi connectivity index (χ4n) is 4.65. The number of sulfone groups is 1. The number of fused-ring (bicyclic) bond motifs is 2. The van der Waals surface area contributed by atoms with Crippen LogP contribution in [0.5, 0.6) is 0 Å². The van der Waals surface area contributed by atoms with E-state index in [0.29, 0.717) is 23.9 Å². The summed E-state index contributed by atoms with van der Waals surface area (Å²) in [6, 6.07) is 4.49. The van der Waals surface area contributed by atoms with Crippen LogP contribution in [-0.4, -0.2) is 33.1 Å². The number of aromatic amines is 1. The topological polar surface area (TPSA) is 127 Å². The molecular formula is C22H20ClFN4O5S. The van der Waals surface area contributed by atoms with E-state index in [1.807, 2.05) is 0 Å². The van der Waals surface area contributed by atoms with Crippen LogP contribution in [0, 0.1) is 17.7 Å². The molecule has 0 spiro atoms. The summed E-state index contributed by atoms with van der Waals surface area (Å²) in [6.07, 6.45) is 4.48. The number of hydrogen-bond acceptors (Lipinski definition) is 6. The fourth-order valence-corrected chi connectivity index (χ4v) is 6.34. The van der Waals surface area contributed by atoms with E-state index in [0.717, 1.165) is 37.5 Å². The average molecular weight is 507 g/mol. The second-order valence-corrected chi connectivity index (χ2v) is 11.1. The van der Waals surface area contributed by atoms with Crippen molar-refractivity contribution in [1.29, 1.82) is 0 Å². The van der Waals surface area contributed by atoms with Crippen LogP contribution in [0.4, 0.5) is 4.39 Å². The van der Waals surface area contributed by atoms with E-state index in [4.69, 9.17) is 11.6 Å². The molecule has 1 aliphatic carbocycles. The van der Waals surface area contributed by atoms with Gasteiger partial charge in [0.2, 0.25) is 9.84 Å². The number of aryl methyl sites for hydroxylation is 1. The molecule has 0 aliphatic heterocycles. The van der Waals surface area contributed by atoms with Crippen LogP contribution >= 0.6 is 11.6 Å². The number of aromatic nitrogens is 4. The van der Waals surface area contributed by atoms with E-state index in [-0.39, 0.29) is 30.9 Å². The molecule has 0 atom stereocenters. The van der Waals surface area contributed by atoms with Crippen LogP contribution in [0.2, 0.25) is 5.02 Å². The molecule has 0 radical (unpaired) electrons. The highest BCUT2D eigenvalue weighted by Gasteiger charge is 2.27. The number of H-pyrrole nitrogens is 1. The zero-order valence-electron chi connectivity index (χ0n) is 18.0. The first-order valence-electron chi connectivity index (χ1n) is 10.6. The minimum atomic E-state index is -4.41. The minimum Gasteiger partial charge on any atom is -0.421 e. The van der Waals surface area contributed by atoms with E-state index < -0.39 is 31.8 Å². The van der Waals surface area contributed by atoms with Gasteiger partial charge in [-0.3, -0.25) is 9.48 Å². The first-order valence-corrected chi connectivity index (χ1v) is 12.5. The van der Waals surface area contributed by atoms with E-state index in [1.54, 1.807) is 4.68 Å². The lowest BCUT2D eigenvalue weighted by molar-refractivity contribution is 0.162. The molecule has 0 bridgehead atoms. The van der Waals surface area contributed by atoms with Gasteiger partial charge in [-0.05, 0) is 55.4 Å². The molecule has 2 aromatic heterocycles. The second-order valence-electron chi connectivity index (χ2n) is 8.78. The fraction of sp³-hybridized carbons (Fsp3) is 0.318. The Hall–Kier alpha value is -3.18. The molecule has 2 heterocycles. The predicted molar refractivity (Wildman–Crippen MR) is 123 cm³/mol. The Balaban J connectivity index is 1.64. The van der Waals surface area contributed by atoms with Gasteiger partial charge in [0.1, 0.15) is 5.82 Å². The Morgan fingerprint density at radius 3 is 2.71 bits per heavy atom. The van der Waals surface area contributed by atoms with Crippen molar-refractivity contribution in [2.45, 2.75) is 42.5 Å². The summed E-state index contributed by atoms with van der Waals surface area (Å²) < 4.78 is 43.3. The Kier molecular flexibility index (Phi) is 5.28. The van der Waals surface area contributed by atoms with Crippen molar-refractivity contribution in [1.82, 2.24) is 19.5 Å². The Morgan fingerprint density at radius 2 is 2.00 bits per heavy atom. The van der Waals surface area contributed by atoms with Crippen molar-refractivity contribution in [2.24, 2.45) is 11.8 Å². The van der Waals surface area contributed by atoms with E-state index in [9.17, 15) is 27.6 Å². The largest absolute Gasteiger partial charge is 0.421 e. The highest BCUT2D eigenvalue weighted by Crippen LogP contribution is 2.36. The van der Waals surface area contributed by atoms with Gasteiger partial charge in [0, 0.05) is 6.54 Å². The van der Waals surface area contributed by atoms with Gasteiger partial charge in [-0.1, -0.05) is 23.3 Å². The van der Waals surface area contributed by atoms with Gasteiger partial charge in [-0.25, -0.2) is 17.6 Å². The number of rotatable bonds is 5. The van der Waals surface area contributed by atoms with E-state index >= 15 is 0 Å². The third-order valence-corrected chi connectivity index (χ3v) is 8.54. The lowest BCUT2D eigenvalue weighted by atomic mass is 9.74. The molecule has 5 rings (SSSR count). The molecule has 0 unspecified atom stereocenters. The Labute approximate surface area is 197 Å². The molecule has 178 valence electrons. The van der Waals surface area contributed by atoms with Crippen LogP contribution in [0.3, 0.4) is 0 Å². The summed E-state index contributed by atoms with van der Waals surface area (Å²) in [7, 11) is -4.41. The van der Waals surface area contributed by atoms with Crippen molar-refractivity contribution in [3.05, 3.63) is 62.1 Å². The summed E-state index contributed by atoms with van der Waals surface area (Å²) in [5.41, 5.74) is -2.46. The van der Waals surface area contributed by atoms with Crippen LogP contribution in [0.15, 0.2) is 49.8 Å². The van der Waals surface area contributed by atoms with Crippen LogP contribution in [0.25, 0.3) is 21.8 Å². The Bertz CT molecular complexity index is 1690. The number of nitrogens with zero attached hydrogens (tertiary/aromatic N) is 3. The number of benzene rings is 2. The highest BCUT2D eigenvalue weighted by atomic mass is 35.5. The molecule has 2 N–H and O–H groups in total. The zero-order valence-corrected chi connectivity index (χ0v) is 19.5. The number of nitrogens with one attached hydrogen (secondary N) is 1. The molecule has 1 saturated carbocycles. The standard InChI is InChI=1S/C22H20ClFN4O5S/c1-11-6-12(7-11)4-5-27-17-9-13(8-16(24)14(17)10-25-27)34(32,33)18-3-2-15(23)19-20(18)26-22(30)28(31)21(19)29/h2-3,8-12,31H,4-7H2,1H3,(H,26,30). The Morgan fingerprint density at radius 1 is 1.26 bits per heavy atom. The van der Waals surface area contributed by atoms with Gasteiger partial charge in [0.05, 0.1) is 42.8 Å². The van der Waals surface area contributed by atoms with E-state index in [2.05, 4.69) is 17.0 Å². The van der Waals surface area contributed by atoms with Crippen LogP contribution < -0.4 is 11.2 Å². The third-order valence-electron chi connectivity index (χ3n) is 6.45. The van der Waals surface area contributed by atoms with Crippen molar-refractivity contribution in [2.75, 3.05) is 0 Å². The van der Waals surface area contributed by atoms with Crippen molar-refractivity contribution in [3.63, 3.8) is 0 Å². The molecule has 9 nitrogen and oxygen atoms in total. The molecule has 1 aliphatic rings. The number of hydrogen-bond donors (Lipinski definition) is 2. The van der Waals surface area contributed by atoms with Gasteiger partial charge in [0.15, 0.2) is 0 Å². The number of halogens is 2. The maximum absolute atomic E-state index is 14.9. The average Bonchev–Trinajstić information content (AvgIpc) is 3.17. The first-order chi connectivity index (χ1) is 16.1. The van der Waals surface area contributed by atoms with Crippen LogP contribution in [-0.2, 0) is 16.4 Å². The van der Waals surface area contributed by atoms with Gasteiger partial charge >= 0.3 is 5.69 Å². The molecule has 4 aromatic rings. The zero-order chi connectivity index (χ0) is 24.4. The summed E-state index contributed by atoms with van der Waals surface area (Å²) in [4.78, 5) is 25.6. The molecule has 1 fully saturated rings. The molecular weight excluding hydrogens is 487 g/mol. The molecule has 2 aromatic carbocycles. The van der Waals surface area contributed by atoms with Crippen molar-refractivity contribution in [3.8, 4) is 0 Å². The summed E-state index contributed by atoms with van der Waals surface area (Å²) >= 11 is 6.04. The van der Waals surface area contributed by atoms with Crippen LogP contribution in [0.1, 0.15) is 26.2 Å². The maximum atomic E-state index is 14.9. The molecule has 0 amide bonds. The van der Waals surface area contributed by atoms with Crippen molar-refractivity contribution < 1.29 is 18.0 Å². The first kappa shape index (κ1) is 22.6. The molecule has 0 saturated heterocycles. The molecule has 34 heavy (non-hydrogen) atoms. The van der Waals surface area contributed by atoms with Gasteiger partial charge in [-0.2, -0.15) is 5.10 Å². The van der Waals surface area contributed by atoms with Crippen molar-refractivity contribution >= 4 is 43.2 Å². The van der Waals surface area contributed by atoms with Gasteiger partial charge < -0.3 is 10.2 Å². The lowest BCUT2D eigenvalue weighted by Gasteiger charge is -2.32. The normalized spacial score (nSPS) is 18.4. The monoisotopic (exact) mass is 506 g/mol. The quantitative estimate of drug-likeness (QED) is 0.400. The van der Waals surface area contributed by atoms with Gasteiger partial charge in [-0.15, -0.1) is 0 Å². The lowest BCUT2D eigenvalue weighted by Crippen LogP contribution is -2.33. The molecule has 12 heteroatoms. The minimum absolute atomic E-state index is 0.164. The maximum Gasteiger partial charge on any atom is 0.362 e. The third kappa shape index (κ3) is 3.50. The van der Waals surface area contributed by atoms with Gasteiger partial charge in [0.25, 0.3) is 5.56 Å². The predicted octanol–water partition coefficient (Wildman–Crippen LogP) is 3.34.